The van der Waals surface area contributed by atoms with Crippen LogP contribution in [0.25, 0.3) is 17.1 Å². The topological polar surface area (TPSA) is 64.9 Å². The number of methoxy groups -OCH3 is 2. The molecule has 5 rings (SSSR count). The van der Waals surface area contributed by atoms with Crippen LogP contribution in [0.1, 0.15) is 43.1 Å². The number of hydrogen-bond acceptors (Lipinski definition) is 7. The van der Waals surface area contributed by atoms with E-state index in [-0.39, 0.29) is 0 Å². The Kier molecular flexibility index (Phi) is 7.67. The van der Waals surface area contributed by atoms with Gasteiger partial charge in [-0.15, -0.1) is 10.2 Å². The summed E-state index contributed by atoms with van der Waals surface area (Å²) in [5, 5.41) is 9.30. The van der Waals surface area contributed by atoms with Crippen LogP contribution in [0.4, 0.5) is 5.69 Å². The quantitative estimate of drug-likeness (QED) is 0.451. The zero-order valence-electron chi connectivity index (χ0n) is 22.8. The van der Waals surface area contributed by atoms with Crippen molar-refractivity contribution >= 4 is 5.69 Å². The molecule has 198 valence electrons. The number of morpholine rings is 1. The van der Waals surface area contributed by atoms with Gasteiger partial charge in [0, 0.05) is 51.4 Å². The van der Waals surface area contributed by atoms with E-state index in [2.05, 4.69) is 69.7 Å². The lowest BCUT2D eigenvalue weighted by Gasteiger charge is -2.29. The molecule has 1 fully saturated rings. The fourth-order valence-electron chi connectivity index (χ4n) is 5.37. The van der Waals surface area contributed by atoms with E-state index in [0.717, 1.165) is 98.6 Å². The SMILES string of the molecule is COc1cc(OC)c(C(C)C)cc1-c1nnc2n1-c1ccc(N(C)CCN3CCOCC3)cc1CCC2. The highest BCUT2D eigenvalue weighted by atomic mass is 16.5. The van der Waals surface area contributed by atoms with Crippen LogP contribution >= 0.6 is 0 Å². The summed E-state index contributed by atoms with van der Waals surface area (Å²) in [5.74, 6) is 3.67. The van der Waals surface area contributed by atoms with Gasteiger partial charge in [0.15, 0.2) is 5.82 Å². The van der Waals surface area contributed by atoms with E-state index in [0.29, 0.717) is 5.92 Å². The van der Waals surface area contributed by atoms with Gasteiger partial charge in [-0.3, -0.25) is 9.47 Å². The molecule has 0 bridgehead atoms. The van der Waals surface area contributed by atoms with Gasteiger partial charge in [0.1, 0.15) is 17.3 Å². The lowest BCUT2D eigenvalue weighted by molar-refractivity contribution is 0.0393. The molecule has 37 heavy (non-hydrogen) atoms. The molecule has 0 radical (unpaired) electrons. The summed E-state index contributed by atoms with van der Waals surface area (Å²) in [7, 11) is 5.58. The Labute approximate surface area is 220 Å². The summed E-state index contributed by atoms with van der Waals surface area (Å²) in [6.07, 6.45) is 2.95. The molecule has 1 saturated heterocycles. The van der Waals surface area contributed by atoms with Gasteiger partial charge in [0.25, 0.3) is 0 Å². The number of aromatic nitrogens is 3. The predicted octanol–water partition coefficient (Wildman–Crippen LogP) is 4.33. The molecular formula is C29H39N5O3. The molecule has 8 heteroatoms. The summed E-state index contributed by atoms with van der Waals surface area (Å²) in [4.78, 5) is 4.84. The number of rotatable bonds is 8. The van der Waals surface area contributed by atoms with Crippen molar-refractivity contribution in [2.45, 2.75) is 39.0 Å². The Hall–Kier alpha value is -3.10. The molecule has 0 amide bonds. The molecule has 0 unspecified atom stereocenters. The molecule has 2 aliphatic rings. The number of hydrogen-bond donors (Lipinski definition) is 0. The Balaban J connectivity index is 1.49. The van der Waals surface area contributed by atoms with Gasteiger partial charge >= 0.3 is 0 Å². The third kappa shape index (κ3) is 5.18. The van der Waals surface area contributed by atoms with Crippen LogP contribution in [0, 0.1) is 0 Å². The van der Waals surface area contributed by atoms with Crippen molar-refractivity contribution in [1.29, 1.82) is 0 Å². The maximum absolute atomic E-state index is 5.80. The molecule has 0 N–H and O–H groups in total. The van der Waals surface area contributed by atoms with Crippen molar-refractivity contribution < 1.29 is 14.2 Å². The number of fused-ring (bicyclic) bond motifs is 3. The smallest absolute Gasteiger partial charge is 0.172 e. The monoisotopic (exact) mass is 505 g/mol. The average molecular weight is 506 g/mol. The van der Waals surface area contributed by atoms with E-state index in [1.54, 1.807) is 14.2 Å². The van der Waals surface area contributed by atoms with E-state index in [1.807, 2.05) is 6.07 Å². The minimum absolute atomic E-state index is 0.300. The van der Waals surface area contributed by atoms with Gasteiger partial charge in [-0.2, -0.15) is 0 Å². The largest absolute Gasteiger partial charge is 0.496 e. The highest BCUT2D eigenvalue weighted by Gasteiger charge is 2.25. The van der Waals surface area contributed by atoms with E-state index in [1.165, 1.54) is 11.3 Å². The normalized spacial score (nSPS) is 15.7. The molecule has 2 aromatic carbocycles. The van der Waals surface area contributed by atoms with Crippen LogP contribution in [-0.4, -0.2) is 80.3 Å². The molecule has 2 aliphatic heterocycles. The molecule has 0 spiro atoms. The van der Waals surface area contributed by atoms with Crippen molar-refractivity contribution in [3.63, 3.8) is 0 Å². The molecule has 1 aromatic heterocycles. The second-order valence-corrected chi connectivity index (χ2v) is 10.3. The summed E-state index contributed by atoms with van der Waals surface area (Å²) in [6, 6.07) is 10.9. The van der Waals surface area contributed by atoms with Gasteiger partial charge in [0.05, 0.1) is 38.7 Å². The fraction of sp³-hybridized carbons (Fsp3) is 0.517. The van der Waals surface area contributed by atoms with Crippen molar-refractivity contribution in [3.8, 4) is 28.6 Å². The van der Waals surface area contributed by atoms with Crippen LogP contribution in [0.15, 0.2) is 30.3 Å². The first-order valence-corrected chi connectivity index (χ1v) is 13.3. The van der Waals surface area contributed by atoms with Gasteiger partial charge in [-0.05, 0) is 54.2 Å². The van der Waals surface area contributed by atoms with Gasteiger partial charge in [0.2, 0.25) is 0 Å². The molecule has 3 heterocycles. The maximum Gasteiger partial charge on any atom is 0.172 e. The average Bonchev–Trinajstić information content (AvgIpc) is 3.25. The van der Waals surface area contributed by atoms with Crippen molar-refractivity contribution in [2.24, 2.45) is 0 Å². The highest BCUT2D eigenvalue weighted by Crippen LogP contribution is 2.40. The molecule has 8 nitrogen and oxygen atoms in total. The van der Waals surface area contributed by atoms with Crippen LogP contribution in [0.5, 0.6) is 11.5 Å². The van der Waals surface area contributed by atoms with Crippen molar-refractivity contribution in [2.75, 3.05) is 65.6 Å². The van der Waals surface area contributed by atoms with E-state index >= 15 is 0 Å². The molecule has 3 aromatic rings. The van der Waals surface area contributed by atoms with Gasteiger partial charge in [-0.25, -0.2) is 0 Å². The predicted molar refractivity (Wildman–Crippen MR) is 147 cm³/mol. The summed E-state index contributed by atoms with van der Waals surface area (Å²) in [6.45, 7) is 10.1. The number of anilines is 1. The number of benzene rings is 2. The molecule has 0 atom stereocenters. The van der Waals surface area contributed by atoms with Crippen LogP contribution < -0.4 is 14.4 Å². The van der Waals surface area contributed by atoms with Crippen LogP contribution in [0.3, 0.4) is 0 Å². The van der Waals surface area contributed by atoms with Crippen molar-refractivity contribution in [3.05, 3.63) is 47.3 Å². The molecule has 0 aliphatic carbocycles. The number of aryl methyl sites for hydroxylation is 2. The fourth-order valence-corrected chi connectivity index (χ4v) is 5.37. The second-order valence-electron chi connectivity index (χ2n) is 10.3. The first-order chi connectivity index (χ1) is 18.0. The van der Waals surface area contributed by atoms with E-state index < -0.39 is 0 Å². The Bertz CT molecular complexity index is 1230. The minimum atomic E-state index is 0.300. The van der Waals surface area contributed by atoms with E-state index in [4.69, 9.17) is 14.2 Å². The lowest BCUT2D eigenvalue weighted by atomic mass is 9.98. The maximum atomic E-state index is 5.80. The Morgan fingerprint density at radius 2 is 1.78 bits per heavy atom. The standard InChI is InChI=1S/C29H39N5O3/c1-20(2)23-18-24(27(36-5)19-26(23)35-4)29-31-30-28-8-6-7-21-17-22(9-10-25(21)34(28)29)32(3)11-12-33-13-15-37-16-14-33/h9-10,17-20H,6-8,11-16H2,1-5H3. The zero-order chi connectivity index (χ0) is 25.9. The van der Waals surface area contributed by atoms with E-state index in [9.17, 15) is 0 Å². The van der Waals surface area contributed by atoms with Crippen LogP contribution in [0.2, 0.25) is 0 Å². The zero-order valence-corrected chi connectivity index (χ0v) is 22.8. The second kappa shape index (κ2) is 11.1. The lowest BCUT2D eigenvalue weighted by Crippen LogP contribution is -2.40. The van der Waals surface area contributed by atoms with Gasteiger partial charge in [-0.1, -0.05) is 13.8 Å². The first-order valence-electron chi connectivity index (χ1n) is 13.3. The third-order valence-electron chi connectivity index (χ3n) is 7.59. The van der Waals surface area contributed by atoms with Gasteiger partial charge < -0.3 is 19.1 Å². The Morgan fingerprint density at radius 3 is 2.51 bits per heavy atom. The van der Waals surface area contributed by atoms with Crippen LogP contribution in [-0.2, 0) is 17.6 Å². The highest BCUT2D eigenvalue weighted by molar-refractivity contribution is 5.71. The Morgan fingerprint density at radius 1 is 1.00 bits per heavy atom. The van der Waals surface area contributed by atoms with Crippen molar-refractivity contribution in [1.82, 2.24) is 19.7 Å². The third-order valence-corrected chi connectivity index (χ3v) is 7.59. The first kappa shape index (κ1) is 25.5. The summed E-state index contributed by atoms with van der Waals surface area (Å²) >= 11 is 0. The number of likely N-dealkylation sites (N-methyl/N-ethyl adjacent to an activating group) is 1. The minimum Gasteiger partial charge on any atom is -0.496 e. The molecular weight excluding hydrogens is 466 g/mol. The molecule has 0 saturated carbocycles. The number of ether oxygens (including phenoxy) is 3. The summed E-state index contributed by atoms with van der Waals surface area (Å²) in [5.41, 5.74) is 5.79. The number of nitrogens with zero attached hydrogens (tertiary/aromatic N) is 5. The summed E-state index contributed by atoms with van der Waals surface area (Å²) < 4.78 is 19.2.